The zero-order valence-electron chi connectivity index (χ0n) is 9.89. The van der Waals surface area contributed by atoms with Gasteiger partial charge in [-0.05, 0) is 19.4 Å². The lowest BCUT2D eigenvalue weighted by atomic mass is 9.94. The SMILES string of the molecule is CC.Cc1cccc(C(C)(O)C(F)(F)F)c1. The fourth-order valence-electron chi connectivity index (χ4n) is 1.11. The van der Waals surface area contributed by atoms with Crippen molar-refractivity contribution in [2.45, 2.75) is 39.5 Å². The van der Waals surface area contributed by atoms with Crippen LogP contribution in [-0.2, 0) is 5.60 Å². The van der Waals surface area contributed by atoms with Gasteiger partial charge in [0.1, 0.15) is 0 Å². The van der Waals surface area contributed by atoms with Crippen molar-refractivity contribution in [1.29, 1.82) is 0 Å². The molecule has 1 aromatic carbocycles. The molecule has 1 unspecified atom stereocenters. The van der Waals surface area contributed by atoms with E-state index in [0.29, 0.717) is 5.56 Å². The average Bonchev–Trinajstić information content (AvgIpc) is 2.19. The van der Waals surface area contributed by atoms with Crippen LogP contribution in [0.4, 0.5) is 13.2 Å². The molecule has 0 aromatic heterocycles. The molecular formula is C12H17F3O. The van der Waals surface area contributed by atoms with Gasteiger partial charge in [-0.15, -0.1) is 0 Å². The molecule has 0 aliphatic heterocycles. The Morgan fingerprint density at radius 2 is 1.62 bits per heavy atom. The summed E-state index contributed by atoms with van der Waals surface area (Å²) in [5.74, 6) is 0. The molecule has 0 saturated heterocycles. The molecule has 0 amide bonds. The van der Waals surface area contributed by atoms with E-state index in [9.17, 15) is 18.3 Å². The molecule has 0 radical (unpaired) electrons. The molecule has 4 heteroatoms. The molecule has 1 nitrogen and oxygen atoms in total. The van der Waals surface area contributed by atoms with Crippen LogP contribution in [0.2, 0.25) is 0 Å². The van der Waals surface area contributed by atoms with Crippen molar-refractivity contribution in [2.75, 3.05) is 0 Å². The standard InChI is InChI=1S/C10H11F3O.C2H6/c1-7-4-3-5-8(6-7)9(2,14)10(11,12)13;1-2/h3-6,14H,1-2H3;1-2H3. The Morgan fingerprint density at radius 3 is 2.00 bits per heavy atom. The van der Waals surface area contributed by atoms with Gasteiger partial charge in [0, 0.05) is 0 Å². The minimum absolute atomic E-state index is 0.134. The smallest absolute Gasteiger partial charge is 0.376 e. The topological polar surface area (TPSA) is 20.2 Å². The summed E-state index contributed by atoms with van der Waals surface area (Å²) in [5, 5.41) is 9.32. The third-order valence-electron chi connectivity index (χ3n) is 2.13. The van der Waals surface area contributed by atoms with E-state index in [0.717, 1.165) is 6.92 Å². The van der Waals surface area contributed by atoms with Gasteiger partial charge < -0.3 is 5.11 Å². The van der Waals surface area contributed by atoms with Crippen LogP contribution in [0.25, 0.3) is 0 Å². The first-order chi connectivity index (χ1) is 7.25. The first-order valence-electron chi connectivity index (χ1n) is 5.11. The summed E-state index contributed by atoms with van der Waals surface area (Å²) in [6.45, 7) is 6.43. The molecule has 0 saturated carbocycles. The normalized spacial score (nSPS) is 14.8. The van der Waals surface area contributed by atoms with Crippen LogP contribution in [0, 0.1) is 6.92 Å². The number of hydrogen-bond acceptors (Lipinski definition) is 1. The number of aliphatic hydroxyl groups is 1. The Bertz CT molecular complexity index is 329. The summed E-state index contributed by atoms with van der Waals surface area (Å²) < 4.78 is 37.2. The maximum atomic E-state index is 12.4. The van der Waals surface area contributed by atoms with E-state index in [-0.39, 0.29) is 5.56 Å². The third kappa shape index (κ3) is 3.23. The zero-order valence-corrected chi connectivity index (χ0v) is 9.89. The molecule has 16 heavy (non-hydrogen) atoms. The first kappa shape index (κ1) is 15.0. The molecule has 1 N–H and O–H groups in total. The molecule has 0 fully saturated rings. The first-order valence-corrected chi connectivity index (χ1v) is 5.11. The Morgan fingerprint density at radius 1 is 1.12 bits per heavy atom. The van der Waals surface area contributed by atoms with Gasteiger partial charge in [0.2, 0.25) is 0 Å². The van der Waals surface area contributed by atoms with E-state index in [1.54, 1.807) is 13.0 Å². The van der Waals surface area contributed by atoms with Crippen LogP contribution in [0.1, 0.15) is 31.9 Å². The van der Waals surface area contributed by atoms with Crippen LogP contribution < -0.4 is 0 Å². The van der Waals surface area contributed by atoms with Gasteiger partial charge in [-0.1, -0.05) is 43.7 Å². The lowest BCUT2D eigenvalue weighted by Gasteiger charge is -2.26. The Balaban J connectivity index is 0.00000106. The monoisotopic (exact) mass is 234 g/mol. The molecular weight excluding hydrogens is 217 g/mol. The fraction of sp³-hybridized carbons (Fsp3) is 0.500. The summed E-state index contributed by atoms with van der Waals surface area (Å²) in [4.78, 5) is 0. The highest BCUT2D eigenvalue weighted by atomic mass is 19.4. The molecule has 0 heterocycles. The van der Waals surface area contributed by atoms with Crippen molar-refractivity contribution < 1.29 is 18.3 Å². The number of alkyl halides is 3. The summed E-state index contributed by atoms with van der Waals surface area (Å²) in [5.41, 5.74) is -2.23. The Kier molecular flexibility index (Phi) is 5.00. The molecule has 1 atom stereocenters. The molecule has 0 bridgehead atoms. The van der Waals surface area contributed by atoms with Crippen LogP contribution in [0.5, 0.6) is 0 Å². The molecule has 1 aromatic rings. The van der Waals surface area contributed by atoms with Crippen LogP contribution in [-0.4, -0.2) is 11.3 Å². The number of rotatable bonds is 1. The highest BCUT2D eigenvalue weighted by Gasteiger charge is 2.51. The van der Waals surface area contributed by atoms with Crippen molar-refractivity contribution in [3.63, 3.8) is 0 Å². The second kappa shape index (κ2) is 5.34. The third-order valence-corrected chi connectivity index (χ3v) is 2.13. The van der Waals surface area contributed by atoms with Crippen LogP contribution in [0.3, 0.4) is 0 Å². The van der Waals surface area contributed by atoms with E-state index < -0.39 is 11.8 Å². The number of halogens is 3. The molecule has 92 valence electrons. The van der Waals surface area contributed by atoms with Gasteiger partial charge in [-0.25, -0.2) is 0 Å². The fourth-order valence-corrected chi connectivity index (χ4v) is 1.11. The van der Waals surface area contributed by atoms with Gasteiger partial charge in [0.05, 0.1) is 0 Å². The van der Waals surface area contributed by atoms with E-state index in [2.05, 4.69) is 0 Å². The predicted octanol–water partition coefficient (Wildman–Crippen LogP) is 3.79. The molecule has 1 rings (SSSR count). The van der Waals surface area contributed by atoms with E-state index in [4.69, 9.17) is 0 Å². The van der Waals surface area contributed by atoms with Crippen molar-refractivity contribution in [2.24, 2.45) is 0 Å². The highest BCUT2D eigenvalue weighted by Crippen LogP contribution is 2.38. The zero-order chi connectivity index (χ0) is 13.0. The quantitative estimate of drug-likeness (QED) is 0.783. The van der Waals surface area contributed by atoms with Gasteiger partial charge in [-0.2, -0.15) is 13.2 Å². The maximum absolute atomic E-state index is 12.4. The lowest BCUT2D eigenvalue weighted by molar-refractivity contribution is -0.258. The van der Waals surface area contributed by atoms with Crippen molar-refractivity contribution in [3.05, 3.63) is 35.4 Å². The summed E-state index contributed by atoms with van der Waals surface area (Å²) >= 11 is 0. The van der Waals surface area contributed by atoms with Crippen LogP contribution >= 0.6 is 0 Å². The Labute approximate surface area is 93.9 Å². The largest absolute Gasteiger partial charge is 0.421 e. The summed E-state index contributed by atoms with van der Waals surface area (Å²) in [6.07, 6.45) is -4.65. The second-order valence-corrected chi connectivity index (χ2v) is 3.44. The number of hydrogen-bond donors (Lipinski definition) is 1. The van der Waals surface area contributed by atoms with E-state index in [1.807, 2.05) is 13.8 Å². The maximum Gasteiger partial charge on any atom is 0.421 e. The van der Waals surface area contributed by atoms with Crippen molar-refractivity contribution in [1.82, 2.24) is 0 Å². The average molecular weight is 234 g/mol. The predicted molar refractivity (Wildman–Crippen MR) is 58.2 cm³/mol. The van der Waals surface area contributed by atoms with Gasteiger partial charge in [0.15, 0.2) is 5.60 Å². The minimum Gasteiger partial charge on any atom is -0.376 e. The van der Waals surface area contributed by atoms with Gasteiger partial charge >= 0.3 is 6.18 Å². The molecule has 0 spiro atoms. The lowest BCUT2D eigenvalue weighted by Crippen LogP contribution is -2.39. The van der Waals surface area contributed by atoms with E-state index >= 15 is 0 Å². The minimum atomic E-state index is -4.65. The van der Waals surface area contributed by atoms with Crippen LogP contribution in [0.15, 0.2) is 24.3 Å². The highest BCUT2D eigenvalue weighted by molar-refractivity contribution is 5.28. The second-order valence-electron chi connectivity index (χ2n) is 3.44. The summed E-state index contributed by atoms with van der Waals surface area (Å²) in [6, 6.07) is 5.76. The Hall–Kier alpha value is -1.03. The van der Waals surface area contributed by atoms with Crippen molar-refractivity contribution >= 4 is 0 Å². The molecule has 0 aliphatic rings. The number of benzene rings is 1. The molecule has 0 aliphatic carbocycles. The van der Waals surface area contributed by atoms with E-state index in [1.165, 1.54) is 18.2 Å². The van der Waals surface area contributed by atoms with Gasteiger partial charge in [-0.3, -0.25) is 0 Å². The summed E-state index contributed by atoms with van der Waals surface area (Å²) in [7, 11) is 0. The van der Waals surface area contributed by atoms with Gasteiger partial charge in [0.25, 0.3) is 0 Å². The van der Waals surface area contributed by atoms with Crippen molar-refractivity contribution in [3.8, 4) is 0 Å². The number of aryl methyl sites for hydroxylation is 1.